The Morgan fingerprint density at radius 1 is 1.18 bits per heavy atom. The number of carboxylic acids is 2. The van der Waals surface area contributed by atoms with Gasteiger partial charge in [-0.1, -0.05) is 12.1 Å². The first kappa shape index (κ1) is 20.1. The van der Waals surface area contributed by atoms with Crippen LogP contribution in [0.2, 0.25) is 0 Å². The summed E-state index contributed by atoms with van der Waals surface area (Å²) in [5, 5.41) is 36.0. The molecule has 1 aromatic rings. The van der Waals surface area contributed by atoms with Gasteiger partial charge in [0.05, 0.1) is 17.9 Å². The van der Waals surface area contributed by atoms with Crippen molar-refractivity contribution in [3.8, 4) is 0 Å². The lowest BCUT2D eigenvalue weighted by molar-refractivity contribution is -0.165. The molecule has 5 N–H and O–H groups in total. The van der Waals surface area contributed by atoms with Gasteiger partial charge in [0.15, 0.2) is 12.2 Å². The van der Waals surface area contributed by atoms with Crippen LogP contribution in [0, 0.1) is 0 Å². The molecule has 152 valence electrons. The first-order chi connectivity index (χ1) is 13.2. The molecule has 3 aliphatic rings. The Hall–Kier alpha value is -2.69. The third-order valence-electron chi connectivity index (χ3n) is 5.42. The van der Waals surface area contributed by atoms with Crippen LogP contribution in [-0.2, 0) is 14.4 Å². The van der Waals surface area contributed by atoms with Crippen LogP contribution >= 0.6 is 0 Å². The average Bonchev–Trinajstić information content (AvgIpc) is 3.00. The van der Waals surface area contributed by atoms with Crippen LogP contribution in [0.15, 0.2) is 18.2 Å². The molecule has 0 spiro atoms. The molecule has 1 aromatic carbocycles. The molecule has 4 atom stereocenters. The number of likely N-dealkylation sites (N-methyl/N-ethyl adjacent to an activating group) is 1. The number of nitrogens with one attached hydrogen (secondary N) is 1. The van der Waals surface area contributed by atoms with Gasteiger partial charge in [0.1, 0.15) is 0 Å². The summed E-state index contributed by atoms with van der Waals surface area (Å²) < 4.78 is 0. The highest BCUT2D eigenvalue weighted by molar-refractivity contribution is 6.04. The number of nitrogens with zero attached hydrogens (tertiary/aromatic N) is 2. The Morgan fingerprint density at radius 2 is 1.82 bits per heavy atom. The largest absolute Gasteiger partial charge is 0.479 e. The second kappa shape index (κ2) is 7.74. The molecule has 0 bridgehead atoms. The maximum absolute atomic E-state index is 12.1. The molecule has 0 saturated carbocycles. The van der Waals surface area contributed by atoms with Crippen molar-refractivity contribution in [2.75, 3.05) is 36.5 Å². The normalized spacial score (nSPS) is 24.5. The van der Waals surface area contributed by atoms with E-state index < -0.39 is 24.1 Å². The number of anilines is 2. The summed E-state index contributed by atoms with van der Waals surface area (Å²) in [6.07, 6.45) is -3.40. The van der Waals surface area contributed by atoms with E-state index in [-0.39, 0.29) is 5.91 Å². The highest BCUT2D eigenvalue weighted by Gasteiger charge is 2.44. The molecule has 10 heteroatoms. The molecule has 0 aliphatic carbocycles. The first-order valence-electron chi connectivity index (χ1n) is 8.92. The monoisotopic (exact) mass is 393 g/mol. The third-order valence-corrected chi connectivity index (χ3v) is 5.42. The van der Waals surface area contributed by atoms with E-state index in [9.17, 15) is 14.4 Å². The zero-order valence-corrected chi connectivity index (χ0v) is 15.3. The Kier molecular flexibility index (Phi) is 5.54. The molecule has 0 radical (unpaired) electrons. The van der Waals surface area contributed by atoms with E-state index in [4.69, 9.17) is 20.4 Å². The van der Waals surface area contributed by atoms with E-state index >= 15 is 0 Å². The van der Waals surface area contributed by atoms with Crippen molar-refractivity contribution in [1.82, 2.24) is 5.32 Å². The van der Waals surface area contributed by atoms with Gasteiger partial charge in [-0.2, -0.15) is 0 Å². The Morgan fingerprint density at radius 3 is 2.43 bits per heavy atom. The number of amides is 1. The van der Waals surface area contributed by atoms with E-state index in [0.29, 0.717) is 18.5 Å². The van der Waals surface area contributed by atoms with Gasteiger partial charge in [0.2, 0.25) is 5.91 Å². The van der Waals surface area contributed by atoms with E-state index in [1.165, 1.54) is 11.3 Å². The maximum Gasteiger partial charge on any atom is 0.335 e. The second-order valence-electron chi connectivity index (χ2n) is 7.03. The lowest BCUT2D eigenvalue weighted by Gasteiger charge is -2.38. The summed E-state index contributed by atoms with van der Waals surface area (Å²) in [4.78, 5) is 35.8. The number of hydrogen-bond acceptors (Lipinski definition) is 7. The molecule has 4 rings (SSSR count). The molecule has 1 fully saturated rings. The molecule has 10 nitrogen and oxygen atoms in total. The fourth-order valence-corrected chi connectivity index (χ4v) is 3.98. The average molecular weight is 393 g/mol. The third kappa shape index (κ3) is 3.41. The second-order valence-corrected chi connectivity index (χ2v) is 7.03. The number of hydrogen-bond donors (Lipinski definition) is 5. The minimum Gasteiger partial charge on any atom is -0.479 e. The lowest BCUT2D eigenvalue weighted by Crippen LogP contribution is -2.50. The van der Waals surface area contributed by atoms with Gasteiger partial charge in [-0.05, 0) is 24.6 Å². The van der Waals surface area contributed by atoms with Crippen molar-refractivity contribution in [3.63, 3.8) is 0 Å². The van der Waals surface area contributed by atoms with Crippen LogP contribution in [0.5, 0.6) is 0 Å². The van der Waals surface area contributed by atoms with Gasteiger partial charge in [-0.3, -0.25) is 4.79 Å². The maximum atomic E-state index is 12.1. The van der Waals surface area contributed by atoms with Crippen molar-refractivity contribution < 1.29 is 34.8 Å². The number of carbonyl (C=O) groups is 3. The lowest BCUT2D eigenvalue weighted by atomic mass is 9.90. The van der Waals surface area contributed by atoms with Crippen LogP contribution in [0.4, 0.5) is 11.4 Å². The van der Waals surface area contributed by atoms with Crippen LogP contribution < -0.4 is 15.1 Å². The Bertz CT molecular complexity index is 781. The number of carboxylic acid groups (broad SMARTS) is 2. The Labute approximate surface area is 161 Å². The molecular formula is C18H23N3O7. The van der Waals surface area contributed by atoms with Gasteiger partial charge in [0.25, 0.3) is 0 Å². The standard InChI is InChI=1S/C14H17N3O.C4H6O6/c1-16-12-4-2-3-9-10-7-15-6-5-11(10)17(14(9)12)8-13(16)18;5-1(3(7)8)2(6)4(9)10/h2-4,10-11,15H,5-8H2,1H3;1-2,5-6H,(H,7,8)(H,9,10)/t10-,11-;1-,2-/m00/s1. The molecule has 3 heterocycles. The zero-order valence-electron chi connectivity index (χ0n) is 15.3. The minimum absolute atomic E-state index is 0.207. The molecular weight excluding hydrogens is 370 g/mol. The molecule has 1 saturated heterocycles. The van der Waals surface area contributed by atoms with Gasteiger partial charge in [-0.25, -0.2) is 9.59 Å². The number of carbonyl (C=O) groups excluding carboxylic acids is 1. The highest BCUT2D eigenvalue weighted by atomic mass is 16.4. The predicted molar refractivity (Wildman–Crippen MR) is 98.5 cm³/mol. The van der Waals surface area contributed by atoms with E-state index in [2.05, 4.69) is 28.4 Å². The van der Waals surface area contributed by atoms with Crippen molar-refractivity contribution in [3.05, 3.63) is 23.8 Å². The minimum atomic E-state index is -2.27. The topological polar surface area (TPSA) is 151 Å². The van der Waals surface area contributed by atoms with Gasteiger partial charge >= 0.3 is 11.9 Å². The summed E-state index contributed by atoms with van der Waals surface area (Å²) >= 11 is 0. The molecule has 28 heavy (non-hydrogen) atoms. The number of para-hydroxylation sites is 1. The smallest absolute Gasteiger partial charge is 0.335 e. The summed E-state index contributed by atoms with van der Waals surface area (Å²) in [6.45, 7) is 2.64. The van der Waals surface area contributed by atoms with Crippen LogP contribution in [0.25, 0.3) is 0 Å². The van der Waals surface area contributed by atoms with Gasteiger partial charge in [0, 0.05) is 25.6 Å². The molecule has 1 amide bonds. The van der Waals surface area contributed by atoms with Crippen molar-refractivity contribution in [2.24, 2.45) is 0 Å². The summed E-state index contributed by atoms with van der Waals surface area (Å²) in [7, 11) is 1.88. The SMILES string of the molecule is CN1C(=O)CN2c3c(cccc31)[C@@H]1CNCC[C@@H]12.O=C(O)[C@@H](O)[C@H](O)C(=O)O. The molecule has 0 unspecified atom stereocenters. The molecule has 0 aromatic heterocycles. The summed E-state index contributed by atoms with van der Waals surface area (Å²) in [6, 6.07) is 6.89. The van der Waals surface area contributed by atoms with Crippen LogP contribution in [-0.4, -0.2) is 83.2 Å². The fourth-order valence-electron chi connectivity index (χ4n) is 3.98. The van der Waals surface area contributed by atoms with Crippen molar-refractivity contribution >= 4 is 29.2 Å². The fraction of sp³-hybridized carbons (Fsp3) is 0.500. The highest BCUT2D eigenvalue weighted by Crippen LogP contribution is 2.49. The van der Waals surface area contributed by atoms with Crippen LogP contribution in [0.1, 0.15) is 17.9 Å². The number of piperidine rings is 1. The number of rotatable bonds is 3. The number of aliphatic carboxylic acids is 2. The van der Waals surface area contributed by atoms with Crippen molar-refractivity contribution in [2.45, 2.75) is 30.6 Å². The first-order valence-corrected chi connectivity index (χ1v) is 8.92. The Balaban J connectivity index is 0.000000195. The molecule has 3 aliphatic heterocycles. The number of fused-ring (bicyclic) bond motifs is 3. The number of benzene rings is 1. The van der Waals surface area contributed by atoms with Crippen LogP contribution in [0.3, 0.4) is 0 Å². The number of aliphatic hydroxyl groups is 2. The van der Waals surface area contributed by atoms with E-state index in [1.54, 1.807) is 4.90 Å². The number of aliphatic hydroxyl groups excluding tert-OH is 2. The quantitative estimate of drug-likeness (QED) is 0.427. The van der Waals surface area contributed by atoms with E-state index in [1.807, 2.05) is 7.05 Å². The summed E-state index contributed by atoms with van der Waals surface area (Å²) in [5.74, 6) is -2.78. The summed E-state index contributed by atoms with van der Waals surface area (Å²) in [5.41, 5.74) is 3.81. The zero-order chi connectivity index (χ0) is 20.6. The van der Waals surface area contributed by atoms with Gasteiger partial charge < -0.3 is 35.5 Å². The predicted octanol–water partition coefficient (Wildman–Crippen LogP) is -1.19. The van der Waals surface area contributed by atoms with E-state index in [0.717, 1.165) is 25.2 Å². The van der Waals surface area contributed by atoms with Gasteiger partial charge in [-0.15, -0.1) is 0 Å². The van der Waals surface area contributed by atoms with Crippen molar-refractivity contribution in [1.29, 1.82) is 0 Å².